The van der Waals surface area contributed by atoms with E-state index in [0.717, 1.165) is 10.0 Å². The Labute approximate surface area is 94.1 Å². The third-order valence-corrected chi connectivity index (χ3v) is 2.63. The zero-order chi connectivity index (χ0) is 10.8. The number of carbonyl (C=O) groups is 1. The highest BCUT2D eigenvalue weighted by Crippen LogP contribution is 2.26. The quantitative estimate of drug-likeness (QED) is 0.878. The molecule has 0 atom stereocenters. The highest BCUT2D eigenvalue weighted by molar-refractivity contribution is 9.10. The summed E-state index contributed by atoms with van der Waals surface area (Å²) >= 11 is 3.38. The second kappa shape index (κ2) is 3.86. The number of imidazole rings is 1. The van der Waals surface area contributed by atoms with Crippen LogP contribution in [0.4, 0.5) is 0 Å². The molecule has 4 nitrogen and oxygen atoms in total. The van der Waals surface area contributed by atoms with E-state index in [4.69, 9.17) is 5.11 Å². The molecule has 0 aliphatic carbocycles. The van der Waals surface area contributed by atoms with Crippen molar-refractivity contribution in [2.75, 3.05) is 0 Å². The fourth-order valence-electron chi connectivity index (χ4n) is 1.25. The summed E-state index contributed by atoms with van der Waals surface area (Å²) in [7, 11) is 0. The van der Waals surface area contributed by atoms with E-state index >= 15 is 0 Å². The Morgan fingerprint density at radius 1 is 1.40 bits per heavy atom. The molecule has 5 heteroatoms. The van der Waals surface area contributed by atoms with Crippen molar-refractivity contribution in [2.45, 2.75) is 0 Å². The first-order chi connectivity index (χ1) is 7.18. The summed E-state index contributed by atoms with van der Waals surface area (Å²) in [5.74, 6) is -1.12. The van der Waals surface area contributed by atoms with Crippen LogP contribution in [0.3, 0.4) is 0 Å². The van der Waals surface area contributed by atoms with Crippen molar-refractivity contribution in [2.24, 2.45) is 0 Å². The molecule has 2 aromatic rings. The largest absolute Gasteiger partial charge is 0.475 e. The highest BCUT2D eigenvalue weighted by Gasteiger charge is 2.10. The third kappa shape index (κ3) is 1.92. The molecule has 76 valence electrons. The van der Waals surface area contributed by atoms with Crippen LogP contribution >= 0.6 is 15.9 Å². The second-order valence-corrected chi connectivity index (χ2v) is 3.78. The molecule has 0 aliphatic heterocycles. The molecule has 0 bridgehead atoms. The predicted molar refractivity (Wildman–Crippen MR) is 58.7 cm³/mol. The molecule has 0 amide bonds. The first-order valence-electron chi connectivity index (χ1n) is 4.21. The Morgan fingerprint density at radius 3 is 2.73 bits per heavy atom. The second-order valence-electron chi connectivity index (χ2n) is 2.93. The zero-order valence-electron chi connectivity index (χ0n) is 7.57. The van der Waals surface area contributed by atoms with Gasteiger partial charge in [0.2, 0.25) is 5.82 Å². The van der Waals surface area contributed by atoms with Crippen LogP contribution in [0.15, 0.2) is 34.9 Å². The fraction of sp³-hybridized carbons (Fsp3) is 0. The zero-order valence-corrected chi connectivity index (χ0v) is 9.15. The number of nitrogens with zero attached hydrogens (tertiary/aromatic N) is 1. The third-order valence-electron chi connectivity index (χ3n) is 1.94. The summed E-state index contributed by atoms with van der Waals surface area (Å²) in [6, 6.07) is 7.53. The Kier molecular flexibility index (Phi) is 2.55. The number of halogens is 1. The molecule has 15 heavy (non-hydrogen) atoms. The number of aromatic nitrogens is 2. The topological polar surface area (TPSA) is 66.0 Å². The van der Waals surface area contributed by atoms with Gasteiger partial charge >= 0.3 is 5.97 Å². The Balaban J connectivity index is 2.46. The van der Waals surface area contributed by atoms with Gasteiger partial charge < -0.3 is 10.1 Å². The molecule has 1 heterocycles. The van der Waals surface area contributed by atoms with E-state index in [-0.39, 0.29) is 5.82 Å². The van der Waals surface area contributed by atoms with Crippen LogP contribution in [0.5, 0.6) is 0 Å². The van der Waals surface area contributed by atoms with Gasteiger partial charge in [0.05, 0.1) is 11.9 Å². The van der Waals surface area contributed by atoms with Crippen LogP contribution in [0.1, 0.15) is 10.6 Å². The average molecular weight is 267 g/mol. The molecule has 1 aromatic heterocycles. The monoisotopic (exact) mass is 266 g/mol. The number of hydrogen-bond acceptors (Lipinski definition) is 2. The summed E-state index contributed by atoms with van der Waals surface area (Å²) in [5.41, 5.74) is 1.57. The minimum absolute atomic E-state index is 0.0549. The predicted octanol–water partition coefficient (Wildman–Crippen LogP) is 2.54. The van der Waals surface area contributed by atoms with Gasteiger partial charge in [-0.2, -0.15) is 0 Å². The number of carboxylic acid groups (broad SMARTS) is 1. The van der Waals surface area contributed by atoms with E-state index in [2.05, 4.69) is 25.9 Å². The normalized spacial score (nSPS) is 10.2. The maximum absolute atomic E-state index is 10.6. The molecule has 0 saturated heterocycles. The van der Waals surface area contributed by atoms with Crippen molar-refractivity contribution >= 4 is 21.9 Å². The maximum Gasteiger partial charge on any atom is 0.371 e. The number of nitrogens with one attached hydrogen (secondary N) is 1. The van der Waals surface area contributed by atoms with Gasteiger partial charge in [0.25, 0.3) is 0 Å². The van der Waals surface area contributed by atoms with Gasteiger partial charge in [-0.05, 0) is 6.07 Å². The van der Waals surface area contributed by atoms with Gasteiger partial charge in [-0.25, -0.2) is 9.78 Å². The van der Waals surface area contributed by atoms with Gasteiger partial charge in [-0.3, -0.25) is 0 Å². The smallest absolute Gasteiger partial charge is 0.371 e. The van der Waals surface area contributed by atoms with E-state index in [1.54, 1.807) is 0 Å². The van der Waals surface area contributed by atoms with Gasteiger partial charge in [-0.15, -0.1) is 0 Å². The van der Waals surface area contributed by atoms with Crippen LogP contribution < -0.4 is 0 Å². The van der Waals surface area contributed by atoms with E-state index in [0.29, 0.717) is 5.69 Å². The molecule has 0 spiro atoms. The molecule has 2 rings (SSSR count). The number of H-pyrrole nitrogens is 1. The lowest BCUT2D eigenvalue weighted by Gasteiger charge is -1.99. The van der Waals surface area contributed by atoms with Crippen LogP contribution in [0.25, 0.3) is 11.3 Å². The summed E-state index contributed by atoms with van der Waals surface area (Å²) < 4.78 is 0.894. The van der Waals surface area contributed by atoms with Crippen molar-refractivity contribution in [3.8, 4) is 11.3 Å². The molecular weight excluding hydrogens is 260 g/mol. The maximum atomic E-state index is 10.6. The van der Waals surface area contributed by atoms with Gasteiger partial charge in [0.15, 0.2) is 0 Å². The van der Waals surface area contributed by atoms with Crippen LogP contribution in [-0.4, -0.2) is 21.0 Å². The average Bonchev–Trinajstić information content (AvgIpc) is 2.67. The van der Waals surface area contributed by atoms with Crippen molar-refractivity contribution in [3.05, 3.63) is 40.8 Å². The van der Waals surface area contributed by atoms with Crippen molar-refractivity contribution in [1.29, 1.82) is 0 Å². The lowest BCUT2D eigenvalue weighted by molar-refractivity contribution is 0.0685. The molecule has 0 saturated carbocycles. The van der Waals surface area contributed by atoms with E-state index in [1.807, 2.05) is 24.3 Å². The number of carboxylic acids is 1. The first kappa shape index (κ1) is 9.92. The summed E-state index contributed by atoms with van der Waals surface area (Å²) in [6.45, 7) is 0. The van der Waals surface area contributed by atoms with Crippen molar-refractivity contribution in [3.63, 3.8) is 0 Å². The molecule has 1 aromatic carbocycles. The molecule has 2 N–H and O–H groups in total. The van der Waals surface area contributed by atoms with Gasteiger partial charge in [-0.1, -0.05) is 34.1 Å². The minimum atomic E-state index is -1.06. The minimum Gasteiger partial charge on any atom is -0.475 e. The Bertz CT molecular complexity index is 508. The number of rotatable bonds is 2. The summed E-state index contributed by atoms with van der Waals surface area (Å²) in [5, 5.41) is 8.71. The van der Waals surface area contributed by atoms with E-state index < -0.39 is 5.97 Å². The Morgan fingerprint density at radius 2 is 2.13 bits per heavy atom. The van der Waals surface area contributed by atoms with Crippen molar-refractivity contribution in [1.82, 2.24) is 9.97 Å². The molecule has 0 fully saturated rings. The van der Waals surface area contributed by atoms with E-state index in [9.17, 15) is 4.79 Å². The van der Waals surface area contributed by atoms with Crippen molar-refractivity contribution < 1.29 is 9.90 Å². The lowest BCUT2D eigenvalue weighted by atomic mass is 10.2. The summed E-state index contributed by atoms with van der Waals surface area (Å²) in [6.07, 6.45) is 1.50. The number of aromatic carboxylic acids is 1. The standard InChI is InChI=1S/C10H7BrN2O2/c11-7-4-2-1-3-6(7)8-5-12-9(13-8)10(14)15/h1-5H,(H,12,13)(H,14,15). The SMILES string of the molecule is O=C(O)c1ncc(-c2ccccc2Br)[nH]1. The van der Waals surface area contributed by atoms with Crippen LogP contribution in [-0.2, 0) is 0 Å². The Hall–Kier alpha value is -1.62. The van der Waals surface area contributed by atoms with Crippen LogP contribution in [0, 0.1) is 0 Å². The number of benzene rings is 1. The first-order valence-corrected chi connectivity index (χ1v) is 5.01. The fourth-order valence-corrected chi connectivity index (χ4v) is 1.74. The number of aromatic amines is 1. The van der Waals surface area contributed by atoms with Crippen LogP contribution in [0.2, 0.25) is 0 Å². The summed E-state index contributed by atoms with van der Waals surface area (Å²) in [4.78, 5) is 17.1. The van der Waals surface area contributed by atoms with E-state index in [1.165, 1.54) is 6.20 Å². The molecule has 0 radical (unpaired) electrons. The molecular formula is C10H7BrN2O2. The van der Waals surface area contributed by atoms with Gasteiger partial charge in [0.1, 0.15) is 0 Å². The molecule has 0 aliphatic rings. The van der Waals surface area contributed by atoms with Gasteiger partial charge in [0, 0.05) is 10.0 Å². The lowest BCUT2D eigenvalue weighted by Crippen LogP contribution is -1.98. The highest BCUT2D eigenvalue weighted by atomic mass is 79.9. The molecule has 0 unspecified atom stereocenters. The number of hydrogen-bond donors (Lipinski definition) is 2.